The molecule has 4 N–H and O–H groups in total. The molecule has 4 rings (SSSR count). The van der Waals surface area contributed by atoms with Crippen molar-refractivity contribution in [2.24, 2.45) is 5.92 Å². The first-order chi connectivity index (χ1) is 13.0. The molecule has 0 amide bonds. The number of H-pyrrole nitrogens is 1. The lowest BCUT2D eigenvalue weighted by Gasteiger charge is -2.21. The third-order valence-electron chi connectivity index (χ3n) is 5.29. The van der Waals surface area contributed by atoms with E-state index < -0.39 is 24.0 Å². The van der Waals surface area contributed by atoms with Gasteiger partial charge >= 0.3 is 5.97 Å². The van der Waals surface area contributed by atoms with Gasteiger partial charge in [0.05, 0.1) is 18.3 Å². The Morgan fingerprint density at radius 2 is 2.19 bits per heavy atom. The average molecular weight is 377 g/mol. The van der Waals surface area contributed by atoms with Gasteiger partial charge in [-0.2, -0.15) is 4.98 Å². The van der Waals surface area contributed by atoms with E-state index in [9.17, 15) is 14.7 Å². The number of esters is 1. The van der Waals surface area contributed by atoms with E-state index in [0.29, 0.717) is 0 Å². The summed E-state index contributed by atoms with van der Waals surface area (Å²) < 4.78 is 12.8. The number of carbonyl (C=O) groups is 1. The number of hydrogen-bond acceptors (Lipinski definition) is 8. The summed E-state index contributed by atoms with van der Waals surface area (Å²) in [4.78, 5) is 34.6. The SMILES string of the molecule is Nc1nc2c(ncn2[C@H]2C[C@H](O)[C@@H](COC(=O)C3CCCCC3)O2)c(=O)[nH]1. The van der Waals surface area contributed by atoms with Crippen molar-refractivity contribution in [2.75, 3.05) is 12.3 Å². The fraction of sp³-hybridized carbons (Fsp3) is 0.647. The molecule has 0 unspecified atom stereocenters. The Kier molecular flexibility index (Phi) is 4.83. The third kappa shape index (κ3) is 3.54. The highest BCUT2D eigenvalue weighted by molar-refractivity contribution is 5.72. The number of nitrogen functional groups attached to an aromatic ring is 1. The van der Waals surface area contributed by atoms with E-state index in [1.165, 1.54) is 6.33 Å². The van der Waals surface area contributed by atoms with E-state index in [4.69, 9.17) is 15.2 Å². The summed E-state index contributed by atoms with van der Waals surface area (Å²) in [6.45, 7) is -0.00419. The van der Waals surface area contributed by atoms with Gasteiger partial charge in [-0.05, 0) is 12.8 Å². The maximum atomic E-state index is 12.2. The first kappa shape index (κ1) is 17.9. The number of nitrogens with two attached hydrogens (primary N) is 1. The van der Waals surface area contributed by atoms with Crippen molar-refractivity contribution in [3.05, 3.63) is 16.7 Å². The molecule has 1 saturated carbocycles. The van der Waals surface area contributed by atoms with Crippen LogP contribution in [-0.2, 0) is 14.3 Å². The molecule has 1 aliphatic carbocycles. The van der Waals surface area contributed by atoms with Crippen LogP contribution in [0.25, 0.3) is 11.2 Å². The molecule has 0 aromatic carbocycles. The molecule has 1 aliphatic heterocycles. The van der Waals surface area contributed by atoms with E-state index in [0.717, 1.165) is 32.1 Å². The Morgan fingerprint density at radius 1 is 1.41 bits per heavy atom. The number of aromatic amines is 1. The fourth-order valence-electron chi connectivity index (χ4n) is 3.81. The van der Waals surface area contributed by atoms with Gasteiger partial charge in [0, 0.05) is 6.42 Å². The Bertz CT molecular complexity index is 887. The monoisotopic (exact) mass is 377 g/mol. The summed E-state index contributed by atoms with van der Waals surface area (Å²) in [7, 11) is 0. The number of nitrogens with zero attached hydrogens (tertiary/aromatic N) is 3. The van der Waals surface area contributed by atoms with Crippen LogP contribution in [0.5, 0.6) is 0 Å². The molecule has 0 spiro atoms. The summed E-state index contributed by atoms with van der Waals surface area (Å²) in [6, 6.07) is 0. The summed E-state index contributed by atoms with van der Waals surface area (Å²) in [5, 5.41) is 10.3. The zero-order valence-corrected chi connectivity index (χ0v) is 14.8. The van der Waals surface area contributed by atoms with Crippen LogP contribution in [0, 0.1) is 5.92 Å². The maximum Gasteiger partial charge on any atom is 0.309 e. The van der Waals surface area contributed by atoms with Gasteiger partial charge in [-0.1, -0.05) is 19.3 Å². The van der Waals surface area contributed by atoms with E-state index >= 15 is 0 Å². The van der Waals surface area contributed by atoms with Crippen molar-refractivity contribution in [1.29, 1.82) is 0 Å². The number of hydrogen-bond donors (Lipinski definition) is 3. The number of rotatable bonds is 4. The predicted molar refractivity (Wildman–Crippen MR) is 94.6 cm³/mol. The summed E-state index contributed by atoms with van der Waals surface area (Å²) in [5.41, 5.74) is 5.60. The van der Waals surface area contributed by atoms with Gasteiger partial charge in [-0.3, -0.25) is 19.1 Å². The number of ether oxygens (including phenoxy) is 2. The normalized spacial score (nSPS) is 26.5. The van der Waals surface area contributed by atoms with E-state index in [1.54, 1.807) is 4.57 Å². The molecule has 2 aliphatic rings. The third-order valence-corrected chi connectivity index (χ3v) is 5.29. The minimum Gasteiger partial charge on any atom is -0.463 e. The molecule has 3 atom stereocenters. The molecule has 10 heteroatoms. The Morgan fingerprint density at radius 3 is 2.96 bits per heavy atom. The van der Waals surface area contributed by atoms with Gasteiger partial charge in [-0.25, -0.2) is 4.98 Å². The fourth-order valence-corrected chi connectivity index (χ4v) is 3.81. The lowest BCUT2D eigenvalue weighted by Crippen LogP contribution is -2.30. The van der Waals surface area contributed by atoms with E-state index in [1.807, 2.05) is 0 Å². The zero-order chi connectivity index (χ0) is 19.0. The Balaban J connectivity index is 1.42. The second kappa shape index (κ2) is 7.28. The van der Waals surface area contributed by atoms with Gasteiger partial charge in [0.25, 0.3) is 5.56 Å². The number of nitrogens with one attached hydrogen (secondary N) is 1. The van der Waals surface area contributed by atoms with Crippen LogP contribution in [0.3, 0.4) is 0 Å². The summed E-state index contributed by atoms with van der Waals surface area (Å²) >= 11 is 0. The van der Waals surface area contributed by atoms with Crippen LogP contribution < -0.4 is 11.3 Å². The summed E-state index contributed by atoms with van der Waals surface area (Å²) in [6.07, 6.45) is 4.67. The van der Waals surface area contributed by atoms with Crippen LogP contribution in [-0.4, -0.2) is 49.4 Å². The highest BCUT2D eigenvalue weighted by Gasteiger charge is 2.37. The second-order valence-corrected chi connectivity index (χ2v) is 7.17. The Labute approximate surface area is 154 Å². The first-order valence-corrected chi connectivity index (χ1v) is 9.25. The van der Waals surface area contributed by atoms with Crippen molar-refractivity contribution < 1.29 is 19.4 Å². The van der Waals surface area contributed by atoms with Crippen molar-refractivity contribution in [3.63, 3.8) is 0 Å². The van der Waals surface area contributed by atoms with Gasteiger partial charge in [0.15, 0.2) is 11.2 Å². The quantitative estimate of drug-likeness (QED) is 0.652. The highest BCUT2D eigenvalue weighted by atomic mass is 16.6. The molecular weight excluding hydrogens is 354 g/mol. The standard InChI is InChI=1S/C17H23N5O5/c18-17-20-14-13(15(24)21-17)19-8-22(14)12-6-10(23)11(27-12)7-26-16(25)9-4-2-1-3-5-9/h8-12,23H,1-7H2,(H3,18,20,21,24)/t10-,11+,12+/m0/s1. The maximum absolute atomic E-state index is 12.2. The average Bonchev–Trinajstić information content (AvgIpc) is 3.24. The van der Waals surface area contributed by atoms with E-state index in [2.05, 4.69) is 15.0 Å². The minimum atomic E-state index is -0.800. The Hall–Kier alpha value is -2.46. The predicted octanol–water partition coefficient (Wildman–Crippen LogP) is 0.474. The van der Waals surface area contributed by atoms with Gasteiger partial charge < -0.3 is 20.3 Å². The number of aliphatic hydroxyl groups excluding tert-OH is 1. The summed E-state index contributed by atoms with van der Waals surface area (Å²) in [5.74, 6) is -0.293. The molecule has 10 nitrogen and oxygen atoms in total. The van der Waals surface area contributed by atoms with Crippen LogP contribution >= 0.6 is 0 Å². The molecule has 2 fully saturated rings. The molecule has 1 saturated heterocycles. The van der Waals surface area contributed by atoms with Gasteiger partial charge in [0.1, 0.15) is 18.9 Å². The smallest absolute Gasteiger partial charge is 0.309 e. The lowest BCUT2D eigenvalue weighted by molar-refractivity contribution is -0.156. The van der Waals surface area contributed by atoms with Crippen molar-refractivity contribution in [2.45, 2.75) is 57.0 Å². The van der Waals surface area contributed by atoms with E-state index in [-0.39, 0.29) is 42.0 Å². The molecule has 2 aromatic heterocycles. The molecular formula is C17H23N5O5. The number of aliphatic hydroxyl groups is 1. The topological polar surface area (TPSA) is 145 Å². The zero-order valence-electron chi connectivity index (χ0n) is 14.8. The van der Waals surface area contributed by atoms with Crippen LogP contribution in [0.15, 0.2) is 11.1 Å². The lowest BCUT2D eigenvalue weighted by atomic mass is 9.89. The molecule has 2 aromatic rings. The van der Waals surface area contributed by atoms with Crippen LogP contribution in [0.4, 0.5) is 5.95 Å². The van der Waals surface area contributed by atoms with Crippen LogP contribution in [0.1, 0.15) is 44.8 Å². The number of carbonyl (C=O) groups excluding carboxylic acids is 1. The van der Waals surface area contributed by atoms with Crippen molar-refractivity contribution >= 4 is 23.1 Å². The first-order valence-electron chi connectivity index (χ1n) is 9.25. The number of aromatic nitrogens is 4. The van der Waals surface area contributed by atoms with Gasteiger partial charge in [0.2, 0.25) is 5.95 Å². The molecule has 146 valence electrons. The van der Waals surface area contributed by atoms with Crippen LogP contribution in [0.2, 0.25) is 0 Å². The number of imidazole rings is 1. The number of fused-ring (bicyclic) bond motifs is 1. The van der Waals surface area contributed by atoms with Crippen molar-refractivity contribution in [1.82, 2.24) is 19.5 Å². The van der Waals surface area contributed by atoms with Crippen molar-refractivity contribution in [3.8, 4) is 0 Å². The number of anilines is 1. The highest BCUT2D eigenvalue weighted by Crippen LogP contribution is 2.31. The molecule has 0 bridgehead atoms. The van der Waals surface area contributed by atoms with Gasteiger partial charge in [-0.15, -0.1) is 0 Å². The second-order valence-electron chi connectivity index (χ2n) is 7.17. The molecule has 27 heavy (non-hydrogen) atoms. The largest absolute Gasteiger partial charge is 0.463 e. The minimum absolute atomic E-state index is 0.00419. The molecule has 0 radical (unpaired) electrons. The molecule has 3 heterocycles.